The quantitative estimate of drug-likeness (QED) is 0.808. The standard InChI is InChI=1S/C18H21N3O4S.Li.H/c1-12(13-2-3-14-15(10-13)25-9-8-24-14)20-4-6-21(7-5-20)18-19-11-16(26-18)17(22)23;;/h2-3,10-12H,4-9H2,1H3,(H,22,23);;. The third-order valence-corrected chi connectivity index (χ3v) is 5.93. The molecule has 1 unspecified atom stereocenters. The van der Waals surface area contributed by atoms with E-state index in [1.54, 1.807) is 0 Å². The molecule has 27 heavy (non-hydrogen) atoms. The number of fused-ring (bicyclic) bond motifs is 1. The molecule has 1 fully saturated rings. The van der Waals surface area contributed by atoms with Crippen LogP contribution in [0.2, 0.25) is 0 Å². The van der Waals surface area contributed by atoms with Crippen LogP contribution >= 0.6 is 11.3 Å². The monoisotopic (exact) mass is 383 g/mol. The van der Waals surface area contributed by atoms with Crippen molar-refractivity contribution in [3.05, 3.63) is 34.8 Å². The molecule has 9 heteroatoms. The van der Waals surface area contributed by atoms with Crippen molar-refractivity contribution in [2.75, 3.05) is 44.3 Å². The van der Waals surface area contributed by atoms with Gasteiger partial charge in [-0.05, 0) is 24.6 Å². The number of carbonyl (C=O) groups is 1. The first-order chi connectivity index (χ1) is 12.6. The molecule has 0 aliphatic carbocycles. The van der Waals surface area contributed by atoms with Gasteiger partial charge in [0.2, 0.25) is 0 Å². The van der Waals surface area contributed by atoms with E-state index in [1.807, 2.05) is 6.07 Å². The summed E-state index contributed by atoms with van der Waals surface area (Å²) in [6.07, 6.45) is 1.44. The Balaban J connectivity index is 0.00000210. The number of hydrogen-bond donors (Lipinski definition) is 1. The van der Waals surface area contributed by atoms with Gasteiger partial charge in [0.15, 0.2) is 16.6 Å². The van der Waals surface area contributed by atoms with Crippen molar-refractivity contribution in [1.29, 1.82) is 0 Å². The zero-order chi connectivity index (χ0) is 18.1. The number of anilines is 1. The van der Waals surface area contributed by atoms with Crippen LogP contribution in [0.1, 0.15) is 28.2 Å². The molecule has 2 aliphatic rings. The summed E-state index contributed by atoms with van der Waals surface area (Å²) < 4.78 is 11.3. The molecule has 2 aromatic rings. The topological polar surface area (TPSA) is 75.1 Å². The van der Waals surface area contributed by atoms with Crippen LogP contribution in [0, 0.1) is 0 Å². The third-order valence-electron chi connectivity index (χ3n) is 4.89. The van der Waals surface area contributed by atoms with Crippen LogP contribution in [0.3, 0.4) is 0 Å². The number of thiazole rings is 1. The Morgan fingerprint density at radius 1 is 1.19 bits per heavy atom. The average molecular weight is 383 g/mol. The predicted molar refractivity (Wildman–Crippen MR) is 106 cm³/mol. The average Bonchev–Trinajstić information content (AvgIpc) is 3.18. The first kappa shape index (κ1) is 20.0. The van der Waals surface area contributed by atoms with Gasteiger partial charge in [-0.2, -0.15) is 0 Å². The predicted octanol–water partition coefficient (Wildman–Crippen LogP) is 1.85. The second-order valence-electron chi connectivity index (χ2n) is 6.41. The Bertz CT molecular complexity index is 808. The molecule has 1 aromatic carbocycles. The molecule has 0 bridgehead atoms. The Morgan fingerprint density at radius 3 is 2.56 bits per heavy atom. The minimum atomic E-state index is -0.917. The molecular weight excluding hydrogens is 361 g/mol. The molecular formula is C18H22LiN3O4S. The minimum absolute atomic E-state index is 0. The van der Waals surface area contributed by atoms with E-state index in [0.717, 1.165) is 42.8 Å². The van der Waals surface area contributed by atoms with Gasteiger partial charge in [-0.1, -0.05) is 17.4 Å². The maximum absolute atomic E-state index is 11.0. The summed E-state index contributed by atoms with van der Waals surface area (Å²) in [5, 5.41) is 9.83. The number of benzene rings is 1. The van der Waals surface area contributed by atoms with Crippen molar-refractivity contribution in [2.24, 2.45) is 0 Å². The number of carboxylic acids is 1. The number of rotatable bonds is 4. The van der Waals surface area contributed by atoms with Gasteiger partial charge in [-0.25, -0.2) is 9.78 Å². The number of carboxylic acid groups (broad SMARTS) is 1. The van der Waals surface area contributed by atoms with Crippen molar-refractivity contribution in [3.63, 3.8) is 0 Å². The maximum atomic E-state index is 11.0. The van der Waals surface area contributed by atoms with Gasteiger partial charge in [0.1, 0.15) is 18.1 Å². The summed E-state index contributed by atoms with van der Waals surface area (Å²) in [5.41, 5.74) is 1.21. The molecule has 1 N–H and O–H groups in total. The van der Waals surface area contributed by atoms with E-state index >= 15 is 0 Å². The van der Waals surface area contributed by atoms with Gasteiger partial charge in [-0.3, -0.25) is 4.90 Å². The van der Waals surface area contributed by atoms with E-state index < -0.39 is 5.97 Å². The number of nitrogens with zero attached hydrogens (tertiary/aromatic N) is 3. The SMILES string of the molecule is CC(c1ccc2c(c1)OCCO2)N1CCN(c2ncc(C(=O)O)s2)CC1.[LiH]. The fourth-order valence-corrected chi connectivity index (χ4v) is 4.15. The fourth-order valence-electron chi connectivity index (χ4n) is 3.34. The zero-order valence-electron chi connectivity index (χ0n) is 14.6. The van der Waals surface area contributed by atoms with E-state index in [9.17, 15) is 4.79 Å². The number of ether oxygens (including phenoxy) is 2. The van der Waals surface area contributed by atoms with E-state index in [0.29, 0.717) is 13.2 Å². The van der Waals surface area contributed by atoms with Crippen LogP contribution in [-0.2, 0) is 0 Å². The van der Waals surface area contributed by atoms with Crippen LogP contribution in [-0.4, -0.2) is 79.2 Å². The van der Waals surface area contributed by atoms with Crippen molar-refractivity contribution in [3.8, 4) is 11.5 Å². The van der Waals surface area contributed by atoms with E-state index in [-0.39, 0.29) is 29.8 Å². The van der Waals surface area contributed by atoms with Gasteiger partial charge < -0.3 is 19.5 Å². The number of aromatic carboxylic acids is 1. The first-order valence-electron chi connectivity index (χ1n) is 8.69. The van der Waals surface area contributed by atoms with E-state index in [2.05, 4.69) is 33.8 Å². The Morgan fingerprint density at radius 2 is 1.89 bits per heavy atom. The van der Waals surface area contributed by atoms with Crippen LogP contribution < -0.4 is 14.4 Å². The molecule has 0 spiro atoms. The number of hydrogen-bond acceptors (Lipinski definition) is 7. The Hall–Kier alpha value is -1.72. The Kier molecular flexibility index (Phi) is 6.32. The van der Waals surface area contributed by atoms with Crippen LogP contribution in [0.15, 0.2) is 24.4 Å². The van der Waals surface area contributed by atoms with Gasteiger partial charge in [0.05, 0.1) is 6.20 Å². The summed E-state index contributed by atoms with van der Waals surface area (Å²) >= 11 is 1.24. The van der Waals surface area contributed by atoms with Gasteiger partial charge >= 0.3 is 24.8 Å². The van der Waals surface area contributed by atoms with Gasteiger partial charge in [0, 0.05) is 32.2 Å². The van der Waals surface area contributed by atoms with Crippen LogP contribution in [0.4, 0.5) is 5.13 Å². The molecule has 0 radical (unpaired) electrons. The molecule has 0 saturated carbocycles. The molecule has 2 aliphatic heterocycles. The molecule has 140 valence electrons. The summed E-state index contributed by atoms with van der Waals surface area (Å²) in [6, 6.07) is 6.44. The fraction of sp³-hybridized carbons (Fsp3) is 0.444. The first-order valence-corrected chi connectivity index (χ1v) is 9.51. The van der Waals surface area contributed by atoms with E-state index in [4.69, 9.17) is 14.6 Å². The van der Waals surface area contributed by atoms with Crippen LogP contribution in [0.5, 0.6) is 11.5 Å². The molecule has 1 aromatic heterocycles. The van der Waals surface area contributed by atoms with Crippen molar-refractivity contribution >= 4 is 41.3 Å². The molecule has 7 nitrogen and oxygen atoms in total. The summed E-state index contributed by atoms with van der Waals surface area (Å²) in [5.74, 6) is 0.720. The second kappa shape index (κ2) is 8.53. The molecule has 1 atom stereocenters. The van der Waals surface area contributed by atoms with Gasteiger partial charge in [-0.15, -0.1) is 0 Å². The second-order valence-corrected chi connectivity index (χ2v) is 7.42. The number of aromatic nitrogens is 1. The van der Waals surface area contributed by atoms with E-state index in [1.165, 1.54) is 23.1 Å². The summed E-state index contributed by atoms with van der Waals surface area (Å²) in [4.78, 5) is 20.1. The summed E-state index contributed by atoms with van der Waals surface area (Å²) in [7, 11) is 0. The van der Waals surface area contributed by atoms with Crippen molar-refractivity contribution < 1.29 is 19.4 Å². The van der Waals surface area contributed by atoms with Gasteiger partial charge in [0.25, 0.3) is 0 Å². The zero-order valence-corrected chi connectivity index (χ0v) is 15.4. The number of piperazine rings is 1. The summed E-state index contributed by atoms with van der Waals surface area (Å²) in [6.45, 7) is 6.87. The van der Waals surface area contributed by atoms with Crippen molar-refractivity contribution in [2.45, 2.75) is 13.0 Å². The molecule has 0 amide bonds. The molecule has 4 rings (SSSR count). The van der Waals surface area contributed by atoms with Crippen LogP contribution in [0.25, 0.3) is 0 Å². The third kappa shape index (κ3) is 4.24. The Labute approximate surface area is 174 Å². The van der Waals surface area contributed by atoms with Crippen molar-refractivity contribution in [1.82, 2.24) is 9.88 Å². The molecule has 1 saturated heterocycles. The molecule has 3 heterocycles. The normalized spacial score (nSPS) is 17.9.